The molecule has 4 rings (SSSR count). The molecule has 2 heterocycles. The second-order valence-electron chi connectivity index (χ2n) is 6.99. The monoisotopic (exact) mass is 450 g/mol. The van der Waals surface area contributed by atoms with Gasteiger partial charge < -0.3 is 5.32 Å². The largest absolute Gasteiger partial charge is 0.325 e. The minimum absolute atomic E-state index is 0.0885. The Morgan fingerprint density at radius 3 is 2.71 bits per heavy atom. The lowest BCUT2D eigenvalue weighted by Gasteiger charge is -2.13. The molecule has 0 fully saturated rings. The molecule has 156 valence electrons. The highest BCUT2D eigenvalue weighted by atomic mass is 35.5. The molecule has 8 heteroatoms. The molecule has 0 saturated carbocycles. The molecule has 31 heavy (non-hydrogen) atoms. The highest BCUT2D eigenvalue weighted by Crippen LogP contribution is 2.20. The van der Waals surface area contributed by atoms with E-state index in [-0.39, 0.29) is 17.2 Å². The minimum Gasteiger partial charge on any atom is -0.325 e. The average Bonchev–Trinajstić information content (AvgIpc) is 2.76. The summed E-state index contributed by atoms with van der Waals surface area (Å²) in [5.41, 5.74) is 2.91. The van der Waals surface area contributed by atoms with Crippen LogP contribution in [0.15, 0.2) is 76.8 Å². The summed E-state index contributed by atoms with van der Waals surface area (Å²) >= 11 is 7.17. The number of nitrogens with one attached hydrogen (secondary N) is 1. The number of aromatic nitrogens is 3. The fraction of sp³-hybridized carbons (Fsp3) is 0.130. The van der Waals surface area contributed by atoms with Crippen molar-refractivity contribution >= 4 is 46.0 Å². The van der Waals surface area contributed by atoms with E-state index in [0.717, 1.165) is 11.1 Å². The summed E-state index contributed by atoms with van der Waals surface area (Å²) in [5.74, 6) is -0.130. The molecule has 0 atom stereocenters. The van der Waals surface area contributed by atoms with Gasteiger partial charge in [-0.3, -0.25) is 14.2 Å². The van der Waals surface area contributed by atoms with Crippen LogP contribution in [0.25, 0.3) is 11.0 Å². The van der Waals surface area contributed by atoms with E-state index < -0.39 is 0 Å². The minimum atomic E-state index is -0.218. The van der Waals surface area contributed by atoms with Gasteiger partial charge in [-0.1, -0.05) is 59.3 Å². The molecule has 1 amide bonds. The van der Waals surface area contributed by atoms with Crippen LogP contribution >= 0.6 is 23.4 Å². The summed E-state index contributed by atoms with van der Waals surface area (Å²) < 4.78 is 1.59. The fourth-order valence-corrected chi connectivity index (χ4v) is 4.03. The number of hydrogen-bond acceptors (Lipinski definition) is 5. The standard InChI is InChI=1S/C23H19ClN4O2S/c1-15-7-9-16(10-8-15)13-28-22(30)19-6-3-11-25-21(19)27-23(28)31-14-20(29)26-18-5-2-4-17(24)12-18/h2-12H,13-14H2,1H3,(H,26,29). The van der Waals surface area contributed by atoms with Crippen LogP contribution < -0.4 is 10.9 Å². The summed E-state index contributed by atoms with van der Waals surface area (Å²) in [6.07, 6.45) is 1.60. The van der Waals surface area contributed by atoms with Gasteiger partial charge in [0.1, 0.15) is 0 Å². The molecule has 4 aromatic rings. The van der Waals surface area contributed by atoms with Gasteiger partial charge in [0.25, 0.3) is 5.56 Å². The molecule has 1 N–H and O–H groups in total. The SMILES string of the molecule is Cc1ccc(Cn2c(SCC(=O)Nc3cccc(Cl)c3)nc3ncccc3c2=O)cc1. The Labute approximate surface area is 188 Å². The number of pyridine rings is 1. The van der Waals surface area contributed by atoms with Crippen molar-refractivity contribution in [1.29, 1.82) is 0 Å². The lowest BCUT2D eigenvalue weighted by atomic mass is 10.1. The lowest BCUT2D eigenvalue weighted by molar-refractivity contribution is -0.113. The Morgan fingerprint density at radius 1 is 1.13 bits per heavy atom. The number of aryl methyl sites for hydroxylation is 1. The first kappa shape index (κ1) is 21.1. The Balaban J connectivity index is 1.61. The maximum Gasteiger partial charge on any atom is 0.263 e. The topological polar surface area (TPSA) is 76.9 Å². The highest BCUT2D eigenvalue weighted by Gasteiger charge is 2.14. The van der Waals surface area contributed by atoms with E-state index in [1.807, 2.05) is 31.2 Å². The number of carbonyl (C=O) groups excluding carboxylic acids is 1. The van der Waals surface area contributed by atoms with Crippen molar-refractivity contribution in [2.24, 2.45) is 0 Å². The summed E-state index contributed by atoms with van der Waals surface area (Å²) in [4.78, 5) is 34.4. The zero-order chi connectivity index (χ0) is 21.8. The van der Waals surface area contributed by atoms with E-state index in [4.69, 9.17) is 11.6 Å². The molecular weight excluding hydrogens is 432 g/mol. The molecule has 0 saturated heterocycles. The van der Waals surface area contributed by atoms with Crippen LogP contribution in [0.2, 0.25) is 5.02 Å². The van der Waals surface area contributed by atoms with Gasteiger partial charge >= 0.3 is 0 Å². The molecule has 2 aromatic heterocycles. The Bertz CT molecular complexity index is 1310. The van der Waals surface area contributed by atoms with Gasteiger partial charge in [0.2, 0.25) is 5.91 Å². The molecule has 0 unspecified atom stereocenters. The number of amides is 1. The molecular formula is C23H19ClN4O2S. The van der Waals surface area contributed by atoms with E-state index >= 15 is 0 Å². The van der Waals surface area contributed by atoms with Gasteiger partial charge in [-0.05, 0) is 42.8 Å². The van der Waals surface area contributed by atoms with Crippen molar-refractivity contribution in [3.63, 3.8) is 0 Å². The first-order valence-electron chi connectivity index (χ1n) is 9.59. The van der Waals surface area contributed by atoms with Crippen molar-refractivity contribution in [2.45, 2.75) is 18.6 Å². The van der Waals surface area contributed by atoms with E-state index in [1.54, 1.807) is 47.2 Å². The van der Waals surface area contributed by atoms with Crippen LogP contribution in [0.5, 0.6) is 0 Å². The zero-order valence-corrected chi connectivity index (χ0v) is 18.3. The third-order valence-electron chi connectivity index (χ3n) is 4.60. The highest BCUT2D eigenvalue weighted by molar-refractivity contribution is 7.99. The summed E-state index contributed by atoms with van der Waals surface area (Å²) in [6.45, 7) is 2.37. The van der Waals surface area contributed by atoms with Crippen LogP contribution in [-0.4, -0.2) is 26.2 Å². The molecule has 0 aliphatic carbocycles. The summed E-state index contributed by atoms with van der Waals surface area (Å²) in [7, 11) is 0. The van der Waals surface area contributed by atoms with Crippen molar-refractivity contribution in [3.8, 4) is 0 Å². The van der Waals surface area contributed by atoms with E-state index in [2.05, 4.69) is 15.3 Å². The Kier molecular flexibility index (Phi) is 6.34. The molecule has 0 radical (unpaired) electrons. The normalized spacial score (nSPS) is 10.9. The molecule has 6 nitrogen and oxygen atoms in total. The summed E-state index contributed by atoms with van der Waals surface area (Å²) in [5, 5.41) is 4.24. The van der Waals surface area contributed by atoms with Crippen molar-refractivity contribution in [3.05, 3.63) is 93.4 Å². The molecule has 0 spiro atoms. The van der Waals surface area contributed by atoms with Crippen LogP contribution in [0, 0.1) is 6.92 Å². The molecule has 2 aromatic carbocycles. The van der Waals surface area contributed by atoms with Crippen molar-refractivity contribution in [1.82, 2.24) is 14.5 Å². The second kappa shape index (κ2) is 9.32. The molecule has 0 aliphatic rings. The van der Waals surface area contributed by atoms with Crippen LogP contribution in [0.1, 0.15) is 11.1 Å². The fourth-order valence-electron chi connectivity index (χ4n) is 3.06. The number of hydrogen-bond donors (Lipinski definition) is 1. The molecule has 0 aliphatic heterocycles. The maximum absolute atomic E-state index is 13.1. The van der Waals surface area contributed by atoms with E-state index in [0.29, 0.717) is 33.4 Å². The smallest absolute Gasteiger partial charge is 0.263 e. The van der Waals surface area contributed by atoms with E-state index in [1.165, 1.54) is 11.8 Å². The number of nitrogens with zero attached hydrogens (tertiary/aromatic N) is 3. The first-order chi connectivity index (χ1) is 15.0. The van der Waals surface area contributed by atoms with Gasteiger partial charge in [0.05, 0.1) is 17.7 Å². The Hall–Kier alpha value is -3.16. The quantitative estimate of drug-likeness (QED) is 0.345. The van der Waals surface area contributed by atoms with Crippen LogP contribution in [0.3, 0.4) is 0 Å². The van der Waals surface area contributed by atoms with Gasteiger partial charge in [-0.25, -0.2) is 9.97 Å². The number of fused-ring (bicyclic) bond motifs is 1. The lowest BCUT2D eigenvalue weighted by Crippen LogP contribution is -2.25. The number of anilines is 1. The van der Waals surface area contributed by atoms with Gasteiger partial charge in [-0.2, -0.15) is 0 Å². The number of benzene rings is 2. The van der Waals surface area contributed by atoms with Crippen LogP contribution in [-0.2, 0) is 11.3 Å². The van der Waals surface area contributed by atoms with Gasteiger partial charge in [0.15, 0.2) is 10.8 Å². The van der Waals surface area contributed by atoms with Gasteiger partial charge in [-0.15, -0.1) is 0 Å². The number of thioether (sulfide) groups is 1. The Morgan fingerprint density at radius 2 is 1.94 bits per heavy atom. The number of rotatable bonds is 6. The number of carbonyl (C=O) groups is 1. The predicted molar refractivity (Wildman–Crippen MR) is 125 cm³/mol. The van der Waals surface area contributed by atoms with Crippen molar-refractivity contribution < 1.29 is 4.79 Å². The zero-order valence-electron chi connectivity index (χ0n) is 16.7. The third kappa shape index (κ3) is 5.13. The second-order valence-corrected chi connectivity index (χ2v) is 8.37. The first-order valence-corrected chi connectivity index (χ1v) is 11.0. The predicted octanol–water partition coefficient (Wildman–Crippen LogP) is 4.53. The van der Waals surface area contributed by atoms with Crippen LogP contribution in [0.4, 0.5) is 5.69 Å². The molecule has 0 bridgehead atoms. The average molecular weight is 451 g/mol. The summed E-state index contributed by atoms with van der Waals surface area (Å²) in [6, 6.07) is 18.3. The van der Waals surface area contributed by atoms with Gasteiger partial charge in [0, 0.05) is 16.9 Å². The van der Waals surface area contributed by atoms with E-state index in [9.17, 15) is 9.59 Å². The number of halogens is 1. The van der Waals surface area contributed by atoms with Crippen molar-refractivity contribution in [2.75, 3.05) is 11.1 Å². The maximum atomic E-state index is 13.1. The third-order valence-corrected chi connectivity index (χ3v) is 5.81.